The third-order valence-corrected chi connectivity index (χ3v) is 3.21. The molecule has 1 aromatic rings. The molecule has 0 aliphatic carbocycles. The van der Waals surface area contributed by atoms with E-state index in [0.717, 1.165) is 18.5 Å². The molecule has 1 aromatic carbocycles. The van der Waals surface area contributed by atoms with Gasteiger partial charge in [-0.2, -0.15) is 0 Å². The van der Waals surface area contributed by atoms with Gasteiger partial charge in [0.1, 0.15) is 11.9 Å². The quantitative estimate of drug-likeness (QED) is 0.797. The number of ether oxygens (including phenoxy) is 1. The fourth-order valence-electron chi connectivity index (χ4n) is 2.30. The normalized spacial score (nSPS) is 24.4. The largest absolute Gasteiger partial charge is 0.468 e. The van der Waals surface area contributed by atoms with Gasteiger partial charge in [-0.05, 0) is 43.0 Å². The zero-order valence-corrected chi connectivity index (χ0v) is 9.78. The van der Waals surface area contributed by atoms with E-state index in [-0.39, 0.29) is 23.7 Å². The van der Waals surface area contributed by atoms with E-state index >= 15 is 0 Å². The van der Waals surface area contributed by atoms with E-state index in [1.54, 1.807) is 12.1 Å². The lowest BCUT2D eigenvalue weighted by Crippen LogP contribution is -2.43. The van der Waals surface area contributed by atoms with Crippen LogP contribution in [0.15, 0.2) is 24.3 Å². The first-order valence-corrected chi connectivity index (χ1v) is 5.77. The molecule has 17 heavy (non-hydrogen) atoms. The van der Waals surface area contributed by atoms with E-state index in [9.17, 15) is 9.18 Å². The maximum absolute atomic E-state index is 13.1. The highest BCUT2D eigenvalue weighted by molar-refractivity contribution is 5.75. The highest BCUT2D eigenvalue weighted by Crippen LogP contribution is 2.28. The molecule has 1 heterocycles. The van der Waals surface area contributed by atoms with Crippen molar-refractivity contribution in [1.29, 1.82) is 0 Å². The molecule has 2 atom stereocenters. The molecule has 0 aromatic heterocycles. The fourth-order valence-corrected chi connectivity index (χ4v) is 2.30. The van der Waals surface area contributed by atoms with Crippen LogP contribution in [0.4, 0.5) is 4.39 Å². The van der Waals surface area contributed by atoms with E-state index in [2.05, 4.69) is 5.32 Å². The van der Waals surface area contributed by atoms with E-state index < -0.39 is 0 Å². The van der Waals surface area contributed by atoms with Gasteiger partial charge in [-0.15, -0.1) is 0 Å². The van der Waals surface area contributed by atoms with Crippen LogP contribution < -0.4 is 5.32 Å². The van der Waals surface area contributed by atoms with Crippen LogP contribution in [0.2, 0.25) is 0 Å². The first-order valence-electron chi connectivity index (χ1n) is 5.77. The summed E-state index contributed by atoms with van der Waals surface area (Å²) < 4.78 is 17.9. The van der Waals surface area contributed by atoms with Gasteiger partial charge >= 0.3 is 5.97 Å². The maximum Gasteiger partial charge on any atom is 0.322 e. The lowest BCUT2D eigenvalue weighted by molar-refractivity contribution is -0.143. The second-order valence-electron chi connectivity index (χ2n) is 4.31. The first kappa shape index (κ1) is 12.0. The number of hydrogen-bond donors (Lipinski definition) is 1. The number of piperidine rings is 1. The highest BCUT2D eigenvalue weighted by Gasteiger charge is 2.28. The Bertz CT molecular complexity index is 408. The third kappa shape index (κ3) is 2.82. The van der Waals surface area contributed by atoms with Crippen molar-refractivity contribution < 1.29 is 13.9 Å². The molecule has 4 heteroatoms. The van der Waals surface area contributed by atoms with Gasteiger partial charge < -0.3 is 10.1 Å². The molecule has 1 saturated heterocycles. The predicted octanol–water partition coefficient (Wildman–Crippen LogP) is 1.83. The van der Waals surface area contributed by atoms with Crippen molar-refractivity contribution in [2.75, 3.05) is 13.7 Å². The third-order valence-electron chi connectivity index (χ3n) is 3.21. The van der Waals surface area contributed by atoms with Gasteiger partial charge in [0.05, 0.1) is 7.11 Å². The SMILES string of the molecule is COC(=O)C1CC(c2cccc(F)c2)CCN1. The summed E-state index contributed by atoms with van der Waals surface area (Å²) in [7, 11) is 1.38. The van der Waals surface area contributed by atoms with Crippen LogP contribution in [-0.4, -0.2) is 25.7 Å². The Labute approximate surface area is 100.0 Å². The topological polar surface area (TPSA) is 38.3 Å². The van der Waals surface area contributed by atoms with E-state index in [1.165, 1.54) is 13.2 Å². The Hall–Kier alpha value is -1.42. The highest BCUT2D eigenvalue weighted by atomic mass is 19.1. The molecule has 92 valence electrons. The Morgan fingerprint density at radius 1 is 1.53 bits per heavy atom. The number of hydrogen-bond acceptors (Lipinski definition) is 3. The molecule has 0 bridgehead atoms. The smallest absolute Gasteiger partial charge is 0.322 e. The van der Waals surface area contributed by atoms with Crippen LogP contribution in [-0.2, 0) is 9.53 Å². The van der Waals surface area contributed by atoms with Gasteiger partial charge in [-0.25, -0.2) is 4.39 Å². The number of nitrogens with one attached hydrogen (secondary N) is 1. The van der Waals surface area contributed by atoms with Crippen molar-refractivity contribution in [3.63, 3.8) is 0 Å². The summed E-state index contributed by atoms with van der Waals surface area (Å²) >= 11 is 0. The van der Waals surface area contributed by atoms with E-state index in [0.29, 0.717) is 6.42 Å². The lowest BCUT2D eigenvalue weighted by atomic mass is 9.86. The van der Waals surface area contributed by atoms with Crippen molar-refractivity contribution in [1.82, 2.24) is 5.32 Å². The number of esters is 1. The average molecular weight is 237 g/mol. The molecule has 1 aliphatic heterocycles. The number of carbonyl (C=O) groups excluding carboxylic acids is 1. The van der Waals surface area contributed by atoms with Crippen molar-refractivity contribution in [2.45, 2.75) is 24.8 Å². The summed E-state index contributed by atoms with van der Waals surface area (Å²) in [6.07, 6.45) is 1.58. The fraction of sp³-hybridized carbons (Fsp3) is 0.462. The molecule has 3 nitrogen and oxygen atoms in total. The van der Waals surface area contributed by atoms with Gasteiger partial charge in [0.15, 0.2) is 0 Å². The number of methoxy groups -OCH3 is 1. The Morgan fingerprint density at radius 3 is 3.06 bits per heavy atom. The minimum absolute atomic E-state index is 0.219. The minimum atomic E-state index is -0.276. The van der Waals surface area contributed by atoms with Crippen molar-refractivity contribution in [2.24, 2.45) is 0 Å². The molecular weight excluding hydrogens is 221 g/mol. The Kier molecular flexibility index (Phi) is 3.74. The van der Waals surface area contributed by atoms with Gasteiger partial charge in [0.2, 0.25) is 0 Å². The molecule has 1 aliphatic rings. The van der Waals surface area contributed by atoms with Crippen LogP contribution in [0, 0.1) is 5.82 Å². The van der Waals surface area contributed by atoms with Crippen molar-refractivity contribution in [3.8, 4) is 0 Å². The van der Waals surface area contributed by atoms with Crippen LogP contribution in [0.5, 0.6) is 0 Å². The Morgan fingerprint density at radius 2 is 2.35 bits per heavy atom. The van der Waals surface area contributed by atoms with Crippen LogP contribution in [0.25, 0.3) is 0 Å². The number of carbonyl (C=O) groups is 1. The van der Waals surface area contributed by atoms with Crippen molar-refractivity contribution >= 4 is 5.97 Å². The Balaban J connectivity index is 2.09. The van der Waals surface area contributed by atoms with Crippen LogP contribution in [0.1, 0.15) is 24.3 Å². The first-order chi connectivity index (χ1) is 8.20. The van der Waals surface area contributed by atoms with Gasteiger partial charge in [0.25, 0.3) is 0 Å². The summed E-state index contributed by atoms with van der Waals surface area (Å²) in [5.74, 6) is -0.252. The van der Waals surface area contributed by atoms with Crippen molar-refractivity contribution in [3.05, 3.63) is 35.6 Å². The summed E-state index contributed by atoms with van der Waals surface area (Å²) in [6, 6.07) is 6.32. The predicted molar refractivity (Wildman–Crippen MR) is 62.2 cm³/mol. The van der Waals surface area contributed by atoms with Crippen LogP contribution >= 0.6 is 0 Å². The van der Waals surface area contributed by atoms with Crippen LogP contribution in [0.3, 0.4) is 0 Å². The summed E-state index contributed by atoms with van der Waals surface area (Å²) in [6.45, 7) is 0.751. The molecule has 2 rings (SSSR count). The van der Waals surface area contributed by atoms with E-state index in [1.807, 2.05) is 6.07 Å². The number of benzene rings is 1. The molecule has 0 radical (unpaired) electrons. The second kappa shape index (κ2) is 5.27. The molecule has 1 fully saturated rings. The average Bonchev–Trinajstić information content (AvgIpc) is 2.38. The molecule has 0 amide bonds. The van der Waals surface area contributed by atoms with Gasteiger partial charge in [-0.1, -0.05) is 12.1 Å². The monoisotopic (exact) mass is 237 g/mol. The maximum atomic E-state index is 13.1. The molecule has 1 N–H and O–H groups in total. The minimum Gasteiger partial charge on any atom is -0.468 e. The zero-order valence-electron chi connectivity index (χ0n) is 9.78. The molecule has 2 unspecified atom stereocenters. The molecule has 0 saturated carbocycles. The molecule has 0 spiro atoms. The second-order valence-corrected chi connectivity index (χ2v) is 4.31. The number of rotatable bonds is 2. The standard InChI is InChI=1S/C13H16FNO2/c1-17-13(16)12-8-10(5-6-15-12)9-3-2-4-11(14)7-9/h2-4,7,10,12,15H,5-6,8H2,1H3. The van der Waals surface area contributed by atoms with Gasteiger partial charge in [-0.3, -0.25) is 4.79 Å². The van der Waals surface area contributed by atoms with E-state index in [4.69, 9.17) is 4.74 Å². The van der Waals surface area contributed by atoms with Gasteiger partial charge in [0, 0.05) is 0 Å². The summed E-state index contributed by atoms with van der Waals surface area (Å²) in [5.41, 5.74) is 0.959. The lowest BCUT2D eigenvalue weighted by Gasteiger charge is -2.28. The number of halogens is 1. The zero-order chi connectivity index (χ0) is 12.3. The summed E-state index contributed by atoms with van der Waals surface area (Å²) in [4.78, 5) is 11.5. The molecular formula is C13H16FNO2. The summed E-state index contributed by atoms with van der Waals surface area (Å²) in [5, 5.41) is 3.12.